The summed E-state index contributed by atoms with van der Waals surface area (Å²) >= 11 is 0. The van der Waals surface area contributed by atoms with Gasteiger partial charge in [-0.25, -0.2) is 4.39 Å². The van der Waals surface area contributed by atoms with Gasteiger partial charge in [0.05, 0.1) is 6.10 Å². The maximum Gasteiger partial charge on any atom is 0.127 e. The number of fused-ring (bicyclic) bond motifs is 1. The maximum atomic E-state index is 13.7. The zero-order chi connectivity index (χ0) is 14.3. The topological polar surface area (TPSA) is 29.5 Å². The van der Waals surface area contributed by atoms with Crippen LogP contribution < -0.4 is 4.74 Å². The average molecular weight is 272 g/mol. The molecular formula is C17H17FO2. The van der Waals surface area contributed by atoms with Crippen molar-refractivity contribution in [3.63, 3.8) is 0 Å². The molecule has 0 saturated carbocycles. The molecule has 2 atom stereocenters. The van der Waals surface area contributed by atoms with Gasteiger partial charge in [0.25, 0.3) is 0 Å². The lowest BCUT2D eigenvalue weighted by atomic mass is 9.93. The van der Waals surface area contributed by atoms with Crippen molar-refractivity contribution in [2.75, 3.05) is 0 Å². The Bertz CT molecular complexity index is 651. The summed E-state index contributed by atoms with van der Waals surface area (Å²) in [6.45, 7) is 3.71. The Hall–Kier alpha value is -1.87. The number of hydrogen-bond acceptors (Lipinski definition) is 2. The summed E-state index contributed by atoms with van der Waals surface area (Å²) in [6, 6.07) is 10.8. The van der Waals surface area contributed by atoms with E-state index in [-0.39, 0.29) is 11.9 Å². The van der Waals surface area contributed by atoms with Crippen molar-refractivity contribution in [2.45, 2.75) is 32.5 Å². The van der Waals surface area contributed by atoms with Crippen LogP contribution in [0.15, 0.2) is 36.4 Å². The summed E-state index contributed by atoms with van der Waals surface area (Å²) in [5, 5.41) is 10.3. The molecule has 0 spiro atoms. The fraction of sp³-hybridized carbons (Fsp3) is 0.294. The predicted molar refractivity (Wildman–Crippen MR) is 75.3 cm³/mol. The van der Waals surface area contributed by atoms with Gasteiger partial charge in [-0.15, -0.1) is 0 Å². The smallest absolute Gasteiger partial charge is 0.127 e. The van der Waals surface area contributed by atoms with Crippen molar-refractivity contribution in [3.8, 4) is 5.75 Å². The van der Waals surface area contributed by atoms with E-state index in [2.05, 4.69) is 0 Å². The Morgan fingerprint density at radius 1 is 1.15 bits per heavy atom. The third-order valence-electron chi connectivity index (χ3n) is 3.80. The third kappa shape index (κ3) is 2.29. The minimum atomic E-state index is -0.576. The summed E-state index contributed by atoms with van der Waals surface area (Å²) in [5.74, 6) is 0.440. The van der Waals surface area contributed by atoms with Gasteiger partial charge < -0.3 is 9.84 Å². The minimum absolute atomic E-state index is 0.240. The molecule has 2 aromatic carbocycles. The van der Waals surface area contributed by atoms with E-state index in [9.17, 15) is 9.50 Å². The van der Waals surface area contributed by atoms with Crippen LogP contribution in [0.1, 0.15) is 40.9 Å². The normalized spacial score (nSPS) is 21.2. The first-order valence-corrected chi connectivity index (χ1v) is 6.76. The standard InChI is InChI=1S/C17H17FO2/c1-10-3-6-16-13(7-10)15(19)9-17(20-16)12-5-4-11(2)14(18)8-12/h3-8,15,17,19H,9H2,1-2H3. The maximum absolute atomic E-state index is 13.7. The van der Waals surface area contributed by atoms with E-state index in [1.807, 2.05) is 31.2 Å². The molecule has 2 unspecified atom stereocenters. The molecule has 1 aliphatic heterocycles. The van der Waals surface area contributed by atoms with Crippen LogP contribution in [0.2, 0.25) is 0 Å². The highest BCUT2D eigenvalue weighted by atomic mass is 19.1. The van der Waals surface area contributed by atoms with Crippen molar-refractivity contribution in [1.29, 1.82) is 0 Å². The third-order valence-corrected chi connectivity index (χ3v) is 3.80. The number of hydrogen-bond donors (Lipinski definition) is 1. The van der Waals surface area contributed by atoms with Crippen molar-refractivity contribution >= 4 is 0 Å². The second-order valence-corrected chi connectivity index (χ2v) is 5.41. The molecule has 3 heteroatoms. The van der Waals surface area contributed by atoms with Gasteiger partial charge >= 0.3 is 0 Å². The van der Waals surface area contributed by atoms with Gasteiger partial charge in [-0.1, -0.05) is 23.8 Å². The number of aryl methyl sites for hydroxylation is 2. The number of rotatable bonds is 1. The van der Waals surface area contributed by atoms with E-state index in [0.717, 1.165) is 16.7 Å². The number of ether oxygens (including phenoxy) is 1. The second kappa shape index (κ2) is 4.91. The van der Waals surface area contributed by atoms with E-state index in [0.29, 0.717) is 17.7 Å². The van der Waals surface area contributed by atoms with Gasteiger partial charge in [0, 0.05) is 12.0 Å². The zero-order valence-corrected chi connectivity index (χ0v) is 11.6. The SMILES string of the molecule is Cc1ccc2c(c1)C(O)CC(c1ccc(C)c(F)c1)O2. The molecule has 104 valence electrons. The highest BCUT2D eigenvalue weighted by molar-refractivity contribution is 5.41. The highest BCUT2D eigenvalue weighted by Crippen LogP contribution is 2.41. The quantitative estimate of drug-likeness (QED) is 0.850. The lowest BCUT2D eigenvalue weighted by Gasteiger charge is -2.30. The molecule has 0 aromatic heterocycles. The van der Waals surface area contributed by atoms with Crippen LogP contribution in [0.4, 0.5) is 4.39 Å². The molecular weight excluding hydrogens is 255 g/mol. The summed E-state index contributed by atoms with van der Waals surface area (Å²) < 4.78 is 19.6. The zero-order valence-electron chi connectivity index (χ0n) is 11.6. The fourth-order valence-corrected chi connectivity index (χ4v) is 2.58. The van der Waals surface area contributed by atoms with E-state index in [1.54, 1.807) is 13.0 Å². The molecule has 3 rings (SSSR count). The molecule has 2 nitrogen and oxygen atoms in total. The predicted octanol–water partition coefficient (Wildman–Crippen LogP) is 4.00. The molecule has 0 saturated heterocycles. The molecule has 1 N–H and O–H groups in total. The van der Waals surface area contributed by atoms with Crippen molar-refractivity contribution in [3.05, 3.63) is 64.5 Å². The Balaban J connectivity index is 1.94. The van der Waals surface area contributed by atoms with Gasteiger partial charge in [0.2, 0.25) is 0 Å². The first-order chi connectivity index (χ1) is 9.54. The first kappa shape index (κ1) is 13.1. The number of benzene rings is 2. The van der Waals surface area contributed by atoms with Gasteiger partial charge in [-0.2, -0.15) is 0 Å². The van der Waals surface area contributed by atoms with Crippen molar-refractivity contribution in [1.82, 2.24) is 0 Å². The van der Waals surface area contributed by atoms with Crippen LogP contribution in [0, 0.1) is 19.7 Å². The van der Waals surface area contributed by atoms with Crippen LogP contribution in [-0.2, 0) is 0 Å². The molecule has 0 radical (unpaired) electrons. The van der Waals surface area contributed by atoms with Crippen LogP contribution in [0.5, 0.6) is 5.75 Å². The van der Waals surface area contributed by atoms with Crippen LogP contribution in [-0.4, -0.2) is 5.11 Å². The second-order valence-electron chi connectivity index (χ2n) is 5.41. The van der Waals surface area contributed by atoms with Gasteiger partial charge in [0.15, 0.2) is 0 Å². The minimum Gasteiger partial charge on any atom is -0.485 e. The van der Waals surface area contributed by atoms with E-state index >= 15 is 0 Å². The van der Waals surface area contributed by atoms with Crippen molar-refractivity contribution in [2.24, 2.45) is 0 Å². The van der Waals surface area contributed by atoms with Gasteiger partial charge in [0.1, 0.15) is 17.7 Å². The molecule has 0 amide bonds. The summed E-state index contributed by atoms with van der Waals surface area (Å²) in [5.41, 5.74) is 3.28. The van der Waals surface area contributed by atoms with Gasteiger partial charge in [-0.3, -0.25) is 0 Å². The summed E-state index contributed by atoms with van der Waals surface area (Å²) in [6.07, 6.45) is -0.442. The molecule has 0 fully saturated rings. The number of aliphatic hydroxyl groups is 1. The summed E-state index contributed by atoms with van der Waals surface area (Å²) in [4.78, 5) is 0. The van der Waals surface area contributed by atoms with Crippen LogP contribution in [0.3, 0.4) is 0 Å². The highest BCUT2D eigenvalue weighted by Gasteiger charge is 2.28. The Morgan fingerprint density at radius 3 is 2.70 bits per heavy atom. The molecule has 2 aromatic rings. The van der Waals surface area contributed by atoms with E-state index in [1.165, 1.54) is 6.07 Å². The Kier molecular flexibility index (Phi) is 3.22. The Labute approximate surface area is 117 Å². The monoisotopic (exact) mass is 272 g/mol. The molecule has 1 heterocycles. The number of aliphatic hydroxyl groups excluding tert-OH is 1. The van der Waals surface area contributed by atoms with Crippen molar-refractivity contribution < 1.29 is 14.2 Å². The molecule has 0 aliphatic carbocycles. The number of halogens is 1. The average Bonchev–Trinajstić information content (AvgIpc) is 2.42. The van der Waals surface area contributed by atoms with Gasteiger partial charge in [-0.05, 0) is 43.2 Å². The lowest BCUT2D eigenvalue weighted by molar-refractivity contribution is 0.0655. The molecule has 0 bridgehead atoms. The lowest BCUT2D eigenvalue weighted by Crippen LogP contribution is -2.19. The largest absolute Gasteiger partial charge is 0.485 e. The Morgan fingerprint density at radius 2 is 1.95 bits per heavy atom. The van der Waals surface area contributed by atoms with Crippen LogP contribution >= 0.6 is 0 Å². The summed E-state index contributed by atoms with van der Waals surface area (Å²) in [7, 11) is 0. The molecule has 20 heavy (non-hydrogen) atoms. The first-order valence-electron chi connectivity index (χ1n) is 6.76. The fourth-order valence-electron chi connectivity index (χ4n) is 2.58. The van der Waals surface area contributed by atoms with E-state index in [4.69, 9.17) is 4.74 Å². The van der Waals surface area contributed by atoms with E-state index < -0.39 is 6.10 Å². The molecule has 1 aliphatic rings. The van der Waals surface area contributed by atoms with Crippen LogP contribution in [0.25, 0.3) is 0 Å².